The van der Waals surface area contributed by atoms with Gasteiger partial charge in [-0.15, -0.1) is 0 Å². The molecule has 1 N–H and O–H groups in total. The van der Waals surface area contributed by atoms with Gasteiger partial charge in [0.1, 0.15) is 12.0 Å². The molecule has 0 saturated carbocycles. The first-order valence-corrected chi connectivity index (χ1v) is 13.0. The maximum atomic E-state index is 13.4. The highest BCUT2D eigenvalue weighted by atomic mass is 35.5. The number of fused-ring (bicyclic) bond motifs is 1. The van der Waals surface area contributed by atoms with Crippen molar-refractivity contribution in [2.24, 2.45) is 0 Å². The second kappa shape index (κ2) is 11.2. The van der Waals surface area contributed by atoms with Crippen LogP contribution in [-0.4, -0.2) is 43.0 Å². The van der Waals surface area contributed by atoms with E-state index in [4.69, 9.17) is 25.4 Å². The number of ether oxygens (including phenoxy) is 1. The lowest BCUT2D eigenvalue weighted by atomic mass is 10.1. The number of nitrogens with one attached hydrogen (secondary N) is 1. The van der Waals surface area contributed by atoms with Crippen LogP contribution in [0.3, 0.4) is 0 Å². The van der Waals surface area contributed by atoms with E-state index in [0.717, 1.165) is 0 Å². The Morgan fingerprint density at radius 3 is 2.29 bits per heavy atom. The monoisotopic (exact) mass is 506 g/mol. The van der Waals surface area contributed by atoms with Crippen LogP contribution in [0.5, 0.6) is 5.75 Å². The van der Waals surface area contributed by atoms with Crippen molar-refractivity contribution in [2.75, 3.05) is 26.6 Å². The third-order valence-electron chi connectivity index (χ3n) is 5.29. The standard InChI is InChI=1S/C24H28ClN2O6P/c1-5-32-34(30,33-6-2)15-26-23(28)14-20-16(3)27(22-12-11-19(31-4)13-21(20)22)24(29)17-7-9-18(25)10-8-17/h7-13H,5-6,14-15H2,1-4H3,(H,26,28). The number of halogens is 1. The van der Waals surface area contributed by atoms with Gasteiger partial charge in [0.2, 0.25) is 5.91 Å². The quantitative estimate of drug-likeness (QED) is 0.380. The van der Waals surface area contributed by atoms with E-state index in [9.17, 15) is 14.2 Å². The Balaban J connectivity index is 1.96. The lowest BCUT2D eigenvalue weighted by molar-refractivity contribution is -0.120. The molecule has 1 heterocycles. The molecule has 0 aliphatic carbocycles. The molecule has 0 radical (unpaired) electrons. The Morgan fingerprint density at radius 2 is 1.71 bits per heavy atom. The largest absolute Gasteiger partial charge is 0.497 e. The zero-order valence-corrected chi connectivity index (χ0v) is 21.2. The molecular weight excluding hydrogens is 479 g/mol. The summed E-state index contributed by atoms with van der Waals surface area (Å²) in [5.74, 6) is -0.0147. The minimum atomic E-state index is -3.43. The van der Waals surface area contributed by atoms with Crippen LogP contribution in [0.15, 0.2) is 42.5 Å². The van der Waals surface area contributed by atoms with Crippen molar-refractivity contribution in [1.29, 1.82) is 0 Å². The Hall–Kier alpha value is -2.64. The van der Waals surface area contributed by atoms with Crippen LogP contribution in [-0.2, 0) is 24.8 Å². The Kier molecular flexibility index (Phi) is 8.55. The molecule has 0 fully saturated rings. The number of carbonyl (C=O) groups excluding carboxylic acids is 2. The number of methoxy groups -OCH3 is 1. The van der Waals surface area contributed by atoms with Gasteiger partial charge < -0.3 is 19.1 Å². The van der Waals surface area contributed by atoms with E-state index in [0.29, 0.717) is 38.5 Å². The maximum absolute atomic E-state index is 13.4. The van der Waals surface area contributed by atoms with Crippen LogP contribution in [0.1, 0.15) is 35.5 Å². The summed E-state index contributed by atoms with van der Waals surface area (Å²) < 4.78 is 30.1. The molecule has 0 unspecified atom stereocenters. The smallest absolute Gasteiger partial charge is 0.349 e. The highest BCUT2D eigenvalue weighted by Gasteiger charge is 2.26. The molecule has 0 aliphatic heterocycles. The van der Waals surface area contributed by atoms with E-state index in [1.807, 2.05) is 0 Å². The summed E-state index contributed by atoms with van der Waals surface area (Å²) in [6.45, 7) is 5.60. The van der Waals surface area contributed by atoms with Gasteiger partial charge in [0.05, 0.1) is 32.3 Å². The maximum Gasteiger partial charge on any atom is 0.349 e. The van der Waals surface area contributed by atoms with Gasteiger partial charge in [0, 0.05) is 21.7 Å². The number of benzene rings is 2. The fourth-order valence-electron chi connectivity index (χ4n) is 3.73. The topological polar surface area (TPSA) is 95.9 Å². The first-order valence-electron chi connectivity index (χ1n) is 10.9. The summed E-state index contributed by atoms with van der Waals surface area (Å²) in [5.41, 5.74) is 2.40. The molecule has 0 spiro atoms. The number of nitrogens with zero attached hydrogens (tertiary/aromatic N) is 1. The minimum Gasteiger partial charge on any atom is -0.497 e. The average Bonchev–Trinajstić information content (AvgIpc) is 3.08. The fraction of sp³-hybridized carbons (Fsp3) is 0.333. The summed E-state index contributed by atoms with van der Waals surface area (Å²) >= 11 is 5.97. The van der Waals surface area contributed by atoms with E-state index in [1.165, 1.54) is 0 Å². The molecule has 182 valence electrons. The van der Waals surface area contributed by atoms with Crippen molar-refractivity contribution < 1.29 is 27.9 Å². The second-order valence-electron chi connectivity index (χ2n) is 7.48. The SMILES string of the molecule is CCOP(=O)(CNC(=O)Cc1c(C)n(C(=O)c2ccc(Cl)cc2)c2ccc(OC)cc12)OCC. The first kappa shape index (κ1) is 26.0. The summed E-state index contributed by atoms with van der Waals surface area (Å²) in [7, 11) is -1.88. The Bertz CT molecular complexity index is 1230. The lowest BCUT2D eigenvalue weighted by Crippen LogP contribution is -2.27. The van der Waals surface area contributed by atoms with Gasteiger partial charge in [-0.05, 0) is 68.8 Å². The number of rotatable bonds is 10. The van der Waals surface area contributed by atoms with E-state index in [1.54, 1.807) is 74.9 Å². The van der Waals surface area contributed by atoms with Gasteiger partial charge in [-0.3, -0.25) is 18.7 Å². The third-order valence-corrected chi connectivity index (χ3v) is 7.40. The number of hydrogen-bond acceptors (Lipinski definition) is 6. The van der Waals surface area contributed by atoms with Crippen molar-refractivity contribution in [1.82, 2.24) is 9.88 Å². The highest BCUT2D eigenvalue weighted by molar-refractivity contribution is 7.53. The molecule has 3 rings (SSSR count). The van der Waals surface area contributed by atoms with Crippen molar-refractivity contribution in [2.45, 2.75) is 27.2 Å². The first-order chi connectivity index (χ1) is 16.2. The molecule has 0 aliphatic rings. The van der Waals surface area contributed by atoms with Crippen LogP contribution < -0.4 is 10.1 Å². The molecule has 0 bridgehead atoms. The average molecular weight is 507 g/mol. The van der Waals surface area contributed by atoms with E-state index < -0.39 is 7.60 Å². The molecule has 1 amide bonds. The number of carbonyl (C=O) groups is 2. The summed E-state index contributed by atoms with van der Waals surface area (Å²) in [6, 6.07) is 12.0. The van der Waals surface area contributed by atoms with Gasteiger partial charge in [0.25, 0.3) is 5.91 Å². The van der Waals surface area contributed by atoms with Crippen molar-refractivity contribution in [3.8, 4) is 5.75 Å². The van der Waals surface area contributed by atoms with Crippen LogP contribution in [0, 0.1) is 6.92 Å². The van der Waals surface area contributed by atoms with Gasteiger partial charge in [0.15, 0.2) is 0 Å². The molecule has 1 aromatic heterocycles. The molecule has 10 heteroatoms. The summed E-state index contributed by atoms with van der Waals surface area (Å²) in [6.07, 6.45) is -0.271. The molecule has 0 saturated heterocycles. The van der Waals surface area contributed by atoms with Gasteiger partial charge in [-0.2, -0.15) is 0 Å². The zero-order chi connectivity index (χ0) is 24.9. The van der Waals surface area contributed by atoms with Crippen molar-refractivity contribution >= 4 is 41.9 Å². The Morgan fingerprint density at radius 1 is 1.06 bits per heavy atom. The molecule has 34 heavy (non-hydrogen) atoms. The van der Waals surface area contributed by atoms with Crippen LogP contribution in [0.2, 0.25) is 5.02 Å². The number of hydrogen-bond donors (Lipinski definition) is 1. The Labute approximate surface area is 203 Å². The van der Waals surface area contributed by atoms with Crippen LogP contribution >= 0.6 is 19.2 Å². The fourth-order valence-corrected chi connectivity index (χ4v) is 5.27. The van der Waals surface area contributed by atoms with Crippen LogP contribution in [0.25, 0.3) is 10.9 Å². The third kappa shape index (κ3) is 5.70. The molecule has 2 aromatic carbocycles. The highest BCUT2D eigenvalue weighted by Crippen LogP contribution is 2.46. The van der Waals surface area contributed by atoms with E-state index in [2.05, 4.69) is 5.32 Å². The van der Waals surface area contributed by atoms with Gasteiger partial charge in [-0.25, -0.2) is 0 Å². The summed E-state index contributed by atoms with van der Waals surface area (Å²) in [5, 5.41) is 3.89. The summed E-state index contributed by atoms with van der Waals surface area (Å²) in [4.78, 5) is 26.2. The molecule has 8 nitrogen and oxygen atoms in total. The van der Waals surface area contributed by atoms with Crippen molar-refractivity contribution in [3.05, 3.63) is 64.3 Å². The number of amides is 1. The predicted octanol–water partition coefficient (Wildman–Crippen LogP) is 5.18. The van der Waals surface area contributed by atoms with Crippen molar-refractivity contribution in [3.63, 3.8) is 0 Å². The number of aromatic nitrogens is 1. The minimum absolute atomic E-state index is 0.0331. The zero-order valence-electron chi connectivity index (χ0n) is 19.6. The second-order valence-corrected chi connectivity index (χ2v) is 9.97. The molecular formula is C24H28ClN2O6P. The normalized spacial score (nSPS) is 11.6. The van der Waals surface area contributed by atoms with Crippen LogP contribution in [0.4, 0.5) is 0 Å². The molecule has 0 atom stereocenters. The van der Waals surface area contributed by atoms with E-state index in [-0.39, 0.29) is 37.7 Å². The molecule has 3 aromatic rings. The van der Waals surface area contributed by atoms with Gasteiger partial charge in [-0.1, -0.05) is 11.6 Å². The van der Waals surface area contributed by atoms with E-state index >= 15 is 0 Å². The lowest BCUT2D eigenvalue weighted by Gasteiger charge is -2.17. The van der Waals surface area contributed by atoms with Gasteiger partial charge >= 0.3 is 7.60 Å². The predicted molar refractivity (Wildman–Crippen MR) is 132 cm³/mol.